The molecule has 0 amide bonds. The molecular weight excluding hydrogens is 518 g/mol. The van der Waals surface area contributed by atoms with Gasteiger partial charge in [0.05, 0.1) is 18.5 Å². The minimum Gasteiger partial charge on any atom is -0.497 e. The highest BCUT2D eigenvalue weighted by molar-refractivity contribution is 15.0. The molecule has 23 heavy (non-hydrogen) atoms. The molecule has 1 aromatic carbocycles. The summed E-state index contributed by atoms with van der Waals surface area (Å²) in [5, 5.41) is 4.26. The van der Waals surface area contributed by atoms with Crippen LogP contribution in [0.5, 0.6) is 5.75 Å². The summed E-state index contributed by atoms with van der Waals surface area (Å²) in [4.78, 5) is 8.72. The van der Waals surface area contributed by atoms with Crippen molar-refractivity contribution in [3.8, 4) is 16.9 Å². The van der Waals surface area contributed by atoms with E-state index in [1.54, 1.807) is 11.6 Å². The Morgan fingerprint density at radius 1 is 1.00 bits per heavy atom. The van der Waals surface area contributed by atoms with E-state index in [4.69, 9.17) is 4.74 Å². The van der Waals surface area contributed by atoms with Gasteiger partial charge in [0.2, 0.25) is 0 Å². The molecule has 0 N–H and O–H groups in total. The quantitative estimate of drug-likeness (QED) is 0.442. The van der Waals surface area contributed by atoms with E-state index in [2.05, 4.69) is 73.1 Å². The van der Waals surface area contributed by atoms with E-state index in [1.807, 2.05) is 19.1 Å². The minimum absolute atomic E-state index is 0.637. The number of ether oxygens (including phenoxy) is 1. The van der Waals surface area contributed by atoms with Gasteiger partial charge < -0.3 is 4.74 Å². The van der Waals surface area contributed by atoms with Crippen molar-refractivity contribution in [1.29, 1.82) is 0 Å². The van der Waals surface area contributed by atoms with E-state index in [1.165, 1.54) is 23.0 Å². The van der Waals surface area contributed by atoms with Crippen LogP contribution in [0.3, 0.4) is 0 Å². The van der Waals surface area contributed by atoms with Gasteiger partial charge in [-0.3, -0.25) is 0 Å². The summed E-state index contributed by atoms with van der Waals surface area (Å²) in [6, 6.07) is 4.10. The molecule has 0 spiro atoms. The van der Waals surface area contributed by atoms with Crippen molar-refractivity contribution in [2.45, 2.75) is 27.7 Å². The van der Waals surface area contributed by atoms with E-state index in [0.717, 1.165) is 22.7 Å². The van der Waals surface area contributed by atoms with Crippen molar-refractivity contribution in [1.82, 2.24) is 19.6 Å². The first kappa shape index (κ1) is 18.4. The Kier molecular flexibility index (Phi) is 6.18. The van der Waals surface area contributed by atoms with Crippen LogP contribution in [0.1, 0.15) is 22.5 Å². The number of hydrogen-bond acceptors (Lipinski definition) is 4. The molecule has 2 aromatic heterocycles. The van der Waals surface area contributed by atoms with Gasteiger partial charge in [-0.1, -0.05) is 0 Å². The normalized spacial score (nSPS) is 10.4. The summed E-state index contributed by atoms with van der Waals surface area (Å²) in [7, 11) is 1.69. The van der Waals surface area contributed by atoms with Crippen molar-refractivity contribution in [3.63, 3.8) is 0 Å². The van der Waals surface area contributed by atoms with Crippen LogP contribution in [0.25, 0.3) is 16.9 Å². The molecule has 3 aromatic rings. The van der Waals surface area contributed by atoms with Gasteiger partial charge in [-0.15, -0.1) is 0 Å². The van der Waals surface area contributed by atoms with Crippen LogP contribution in [-0.4, -0.2) is 26.7 Å². The van der Waals surface area contributed by atoms with E-state index >= 15 is 0 Å². The minimum atomic E-state index is 0.637. The average Bonchev–Trinajstić information content (AvgIpc) is 3.00. The van der Waals surface area contributed by atoms with Gasteiger partial charge in [0, 0.05) is 42.8 Å². The molecule has 0 saturated heterocycles. The first-order chi connectivity index (χ1) is 11.0. The van der Waals surface area contributed by atoms with Crippen LogP contribution in [-0.2, 0) is 0 Å². The summed E-state index contributed by atoms with van der Waals surface area (Å²) >= 11 is 4.24. The third kappa shape index (κ3) is 3.44. The van der Waals surface area contributed by atoms with Crippen molar-refractivity contribution in [2.75, 3.05) is 7.11 Å². The van der Waals surface area contributed by atoms with E-state index in [0.29, 0.717) is 5.78 Å². The third-order valence-corrected chi connectivity index (χ3v) is 3.83. The number of aromatic nitrogens is 4. The summed E-state index contributed by atoms with van der Waals surface area (Å²) in [6.07, 6.45) is 1.53. The number of fused-ring (bicyclic) bond motifs is 1. The molecule has 0 bridgehead atoms. The maximum atomic E-state index is 5.34. The predicted octanol–water partition coefficient (Wildman–Crippen LogP) is 4.80. The lowest BCUT2D eigenvalue weighted by Gasteiger charge is -2.16. The Morgan fingerprint density at radius 2 is 1.61 bits per heavy atom. The standard InChI is InChI=1S/C16H18N4O.I2/c1-9-6-13(21-5)7-10(2)14(9)15-11(3)19-16-17-8-18-20(16)12(15)4;1-2/h6-8H,1-5H3;. The number of nitrogens with zero attached hydrogens (tertiary/aromatic N) is 4. The summed E-state index contributed by atoms with van der Waals surface area (Å²) in [6.45, 7) is 8.25. The van der Waals surface area contributed by atoms with Crippen molar-refractivity contribution in [3.05, 3.63) is 41.0 Å². The Morgan fingerprint density at radius 3 is 2.17 bits per heavy atom. The van der Waals surface area contributed by atoms with Gasteiger partial charge in [0.1, 0.15) is 12.1 Å². The number of methoxy groups -OCH3 is 1. The number of aryl methyl sites for hydroxylation is 4. The fourth-order valence-electron chi connectivity index (χ4n) is 2.92. The molecule has 0 unspecified atom stereocenters. The highest BCUT2D eigenvalue weighted by Gasteiger charge is 2.17. The highest BCUT2D eigenvalue weighted by atomic mass is 128. The van der Waals surface area contributed by atoms with Crippen LogP contribution in [0, 0.1) is 27.7 Å². The van der Waals surface area contributed by atoms with Gasteiger partial charge in [0.15, 0.2) is 0 Å². The Hall–Kier alpha value is -0.970. The zero-order valence-electron chi connectivity index (χ0n) is 13.7. The van der Waals surface area contributed by atoms with Gasteiger partial charge in [-0.25, -0.2) is 9.50 Å². The number of halogens is 2. The predicted molar refractivity (Wildman–Crippen MR) is 110 cm³/mol. The highest BCUT2D eigenvalue weighted by Crippen LogP contribution is 2.34. The lowest BCUT2D eigenvalue weighted by Crippen LogP contribution is -2.04. The largest absolute Gasteiger partial charge is 0.497 e. The fourth-order valence-corrected chi connectivity index (χ4v) is 2.92. The van der Waals surface area contributed by atoms with Gasteiger partial charge in [-0.2, -0.15) is 10.1 Å². The monoisotopic (exact) mass is 536 g/mol. The average molecular weight is 536 g/mol. The molecule has 2 heterocycles. The summed E-state index contributed by atoms with van der Waals surface area (Å²) in [5.41, 5.74) is 6.65. The molecule has 0 aliphatic rings. The fraction of sp³-hybridized carbons (Fsp3) is 0.312. The number of hydrogen-bond donors (Lipinski definition) is 0. The van der Waals surface area contributed by atoms with Crippen LogP contribution in [0.15, 0.2) is 18.5 Å². The first-order valence-electron chi connectivity index (χ1n) is 6.99. The number of benzene rings is 1. The van der Waals surface area contributed by atoms with Crippen LogP contribution >= 0.6 is 37.2 Å². The smallest absolute Gasteiger partial charge is 0.252 e. The Bertz CT molecular complexity index is 822. The van der Waals surface area contributed by atoms with Crippen molar-refractivity contribution >= 4 is 43.0 Å². The molecule has 0 radical (unpaired) electrons. The zero-order chi connectivity index (χ0) is 17.1. The van der Waals surface area contributed by atoms with E-state index < -0.39 is 0 Å². The lowest BCUT2D eigenvalue weighted by molar-refractivity contribution is 0.414. The van der Waals surface area contributed by atoms with Crippen molar-refractivity contribution < 1.29 is 4.74 Å². The molecular formula is C16H18I2N4O. The third-order valence-electron chi connectivity index (χ3n) is 3.83. The summed E-state index contributed by atoms with van der Waals surface area (Å²) in [5.74, 6) is 1.51. The molecule has 0 aliphatic heterocycles. The topological polar surface area (TPSA) is 52.3 Å². The molecule has 0 fully saturated rings. The van der Waals surface area contributed by atoms with Gasteiger partial charge in [-0.05, 0) is 56.5 Å². The van der Waals surface area contributed by atoms with E-state index in [9.17, 15) is 0 Å². The van der Waals surface area contributed by atoms with Crippen molar-refractivity contribution in [2.24, 2.45) is 0 Å². The maximum Gasteiger partial charge on any atom is 0.252 e. The van der Waals surface area contributed by atoms with Gasteiger partial charge in [0.25, 0.3) is 5.78 Å². The van der Waals surface area contributed by atoms with E-state index in [-0.39, 0.29) is 0 Å². The Labute approximate surface area is 159 Å². The summed E-state index contributed by atoms with van der Waals surface area (Å²) < 4.78 is 7.13. The second-order valence-electron chi connectivity index (χ2n) is 5.27. The molecule has 0 aliphatic carbocycles. The second kappa shape index (κ2) is 7.73. The lowest BCUT2D eigenvalue weighted by atomic mass is 9.93. The van der Waals surface area contributed by atoms with Gasteiger partial charge >= 0.3 is 0 Å². The molecule has 0 saturated carbocycles. The number of rotatable bonds is 2. The zero-order valence-corrected chi connectivity index (χ0v) is 18.0. The van der Waals surface area contributed by atoms with Crippen LogP contribution < -0.4 is 4.74 Å². The SMILES string of the molecule is COc1cc(C)c(-c2c(C)nc3ncnn3c2C)c(C)c1.II. The van der Waals surface area contributed by atoms with Crippen LogP contribution in [0.4, 0.5) is 0 Å². The second-order valence-corrected chi connectivity index (χ2v) is 5.27. The first-order valence-corrected chi connectivity index (χ1v) is 13.3. The molecule has 122 valence electrons. The molecule has 7 heteroatoms. The maximum absolute atomic E-state index is 5.34. The molecule has 3 rings (SSSR count). The van der Waals surface area contributed by atoms with Crippen LogP contribution in [0.2, 0.25) is 0 Å². The molecule has 5 nitrogen and oxygen atoms in total. The Balaban J connectivity index is 0.000000924. The molecule has 0 atom stereocenters.